The van der Waals surface area contributed by atoms with Gasteiger partial charge in [-0.25, -0.2) is 4.39 Å². The van der Waals surface area contributed by atoms with Crippen molar-refractivity contribution in [2.75, 3.05) is 6.54 Å². The maximum Gasteiger partial charge on any atom is 0.306 e. The van der Waals surface area contributed by atoms with E-state index in [1.807, 2.05) is 6.92 Å². The normalized spacial score (nSPS) is 17.9. The van der Waals surface area contributed by atoms with E-state index in [0.717, 1.165) is 11.6 Å². The summed E-state index contributed by atoms with van der Waals surface area (Å²) in [4.78, 5) is 35.6. The molecule has 6 nitrogen and oxygen atoms in total. The molecule has 0 heterocycles. The zero-order chi connectivity index (χ0) is 24.0. The summed E-state index contributed by atoms with van der Waals surface area (Å²) in [7, 11) is 0. The Bertz CT molecular complexity index is 1030. The average molecular weight is 476 g/mol. The minimum absolute atomic E-state index is 0.0656. The predicted octanol–water partition coefficient (Wildman–Crippen LogP) is 5.20. The van der Waals surface area contributed by atoms with Crippen LogP contribution in [-0.2, 0) is 4.79 Å². The van der Waals surface area contributed by atoms with E-state index in [9.17, 15) is 18.8 Å². The molecule has 2 aromatic rings. The summed E-state index contributed by atoms with van der Waals surface area (Å²) >= 11 is 5.97. The molecule has 0 aromatic heterocycles. The van der Waals surface area contributed by atoms with Gasteiger partial charge in [0.05, 0.1) is 12.0 Å². The van der Waals surface area contributed by atoms with Crippen LogP contribution in [0.3, 0.4) is 0 Å². The summed E-state index contributed by atoms with van der Waals surface area (Å²) in [6.07, 6.45) is 2.47. The third-order valence-corrected chi connectivity index (χ3v) is 6.28. The Kier molecular flexibility index (Phi) is 8.44. The number of Topliss-reactive ketones (excluding diaryl/α,β-unsaturated/α-hetero) is 1. The lowest BCUT2D eigenvalue weighted by Crippen LogP contribution is -2.28. The quantitative estimate of drug-likeness (QED) is 0.384. The van der Waals surface area contributed by atoms with Gasteiger partial charge in [-0.15, -0.1) is 0 Å². The number of carbonyl (C=O) groups is 3. The van der Waals surface area contributed by atoms with Gasteiger partial charge in [0.25, 0.3) is 5.91 Å². The Hall–Kier alpha value is -2.93. The van der Waals surface area contributed by atoms with Crippen molar-refractivity contribution < 1.29 is 28.6 Å². The van der Waals surface area contributed by atoms with Crippen LogP contribution in [0.15, 0.2) is 36.4 Å². The summed E-state index contributed by atoms with van der Waals surface area (Å²) < 4.78 is 20.2. The summed E-state index contributed by atoms with van der Waals surface area (Å²) in [5.41, 5.74) is 1.55. The minimum atomic E-state index is -0.804. The van der Waals surface area contributed by atoms with Crippen LogP contribution in [0.25, 0.3) is 0 Å². The van der Waals surface area contributed by atoms with E-state index in [4.69, 9.17) is 21.4 Å². The highest BCUT2D eigenvalue weighted by Gasteiger charge is 2.27. The maximum absolute atomic E-state index is 14.5. The summed E-state index contributed by atoms with van der Waals surface area (Å²) in [5, 5.41) is 12.4. The van der Waals surface area contributed by atoms with Crippen LogP contribution in [-0.4, -0.2) is 35.4 Å². The van der Waals surface area contributed by atoms with Crippen LogP contribution in [0.1, 0.15) is 64.8 Å². The Balaban J connectivity index is 1.44. The molecule has 1 aliphatic rings. The summed E-state index contributed by atoms with van der Waals surface area (Å²) in [6.45, 7) is 2.13. The first-order valence-electron chi connectivity index (χ1n) is 11.0. The van der Waals surface area contributed by atoms with Crippen LogP contribution in [0.5, 0.6) is 5.75 Å². The highest BCUT2D eigenvalue weighted by atomic mass is 35.5. The molecule has 3 rings (SSSR count). The van der Waals surface area contributed by atoms with Gasteiger partial charge < -0.3 is 15.2 Å². The molecule has 8 heteroatoms. The van der Waals surface area contributed by atoms with E-state index in [-0.39, 0.29) is 41.4 Å². The predicted molar refractivity (Wildman–Crippen MR) is 122 cm³/mol. The molecule has 0 radical (unpaired) electrons. The Labute approximate surface area is 197 Å². The number of carbonyl (C=O) groups excluding carboxylic acids is 2. The number of aryl methyl sites for hydroxylation is 1. The molecule has 1 saturated carbocycles. The number of hydrogen-bond donors (Lipinski definition) is 2. The highest BCUT2D eigenvalue weighted by molar-refractivity contribution is 6.31. The maximum atomic E-state index is 14.5. The van der Waals surface area contributed by atoms with Gasteiger partial charge in [0.15, 0.2) is 17.3 Å². The fourth-order valence-electron chi connectivity index (χ4n) is 3.86. The monoisotopic (exact) mass is 475 g/mol. The number of ketones is 1. The molecule has 0 unspecified atom stereocenters. The van der Waals surface area contributed by atoms with E-state index >= 15 is 0 Å². The molecule has 1 amide bonds. The standard InChI is InChI=1S/C25H27ClFNO5/c1-15-13-18(6-10-20(15)26)24(30)28-12-2-3-22(29)17-7-11-23(21(27)14-17)33-19-8-4-16(5-9-19)25(31)32/h6-7,10-11,13-14,16,19H,2-5,8-9,12H2,1H3,(H,28,30)(H,31,32). The van der Waals surface area contributed by atoms with Crippen LogP contribution in [0.2, 0.25) is 5.02 Å². The Morgan fingerprint density at radius 2 is 1.79 bits per heavy atom. The zero-order valence-corrected chi connectivity index (χ0v) is 19.2. The molecule has 1 fully saturated rings. The summed E-state index contributed by atoms with van der Waals surface area (Å²) in [5.74, 6) is -2.19. The molecule has 33 heavy (non-hydrogen) atoms. The second-order valence-electron chi connectivity index (χ2n) is 8.32. The molecule has 0 saturated heterocycles. The number of amides is 1. The lowest BCUT2D eigenvalue weighted by Gasteiger charge is -2.27. The van der Waals surface area contributed by atoms with Crippen LogP contribution < -0.4 is 10.1 Å². The molecule has 0 aliphatic heterocycles. The minimum Gasteiger partial charge on any atom is -0.487 e. The third-order valence-electron chi connectivity index (χ3n) is 5.86. The smallest absolute Gasteiger partial charge is 0.306 e. The van der Waals surface area contributed by atoms with Crippen molar-refractivity contribution >= 4 is 29.3 Å². The van der Waals surface area contributed by atoms with Gasteiger partial charge in [-0.1, -0.05) is 11.6 Å². The number of aliphatic carboxylic acids is 1. The number of ether oxygens (including phenoxy) is 1. The number of halogens is 2. The molecular formula is C25H27ClFNO5. The Morgan fingerprint density at radius 1 is 1.09 bits per heavy atom. The first kappa shape index (κ1) is 24.7. The van der Waals surface area contributed by atoms with Gasteiger partial charge in [-0.3, -0.25) is 14.4 Å². The number of rotatable bonds is 9. The molecule has 176 valence electrons. The molecule has 1 aliphatic carbocycles. The number of carboxylic acids is 1. The topological polar surface area (TPSA) is 92.7 Å². The van der Waals surface area contributed by atoms with Gasteiger partial charge in [0.2, 0.25) is 0 Å². The van der Waals surface area contributed by atoms with E-state index < -0.39 is 11.8 Å². The van der Waals surface area contributed by atoms with E-state index in [1.54, 1.807) is 18.2 Å². The van der Waals surface area contributed by atoms with Crippen molar-refractivity contribution in [3.05, 3.63) is 63.9 Å². The van der Waals surface area contributed by atoms with E-state index in [0.29, 0.717) is 49.2 Å². The second kappa shape index (κ2) is 11.3. The second-order valence-corrected chi connectivity index (χ2v) is 8.73. The molecule has 2 aromatic carbocycles. The molecule has 0 atom stereocenters. The largest absolute Gasteiger partial charge is 0.487 e. The van der Waals surface area contributed by atoms with Crippen LogP contribution >= 0.6 is 11.6 Å². The first-order valence-corrected chi connectivity index (χ1v) is 11.4. The fraction of sp³-hybridized carbons (Fsp3) is 0.400. The first-order chi connectivity index (χ1) is 15.7. The Morgan fingerprint density at radius 3 is 2.42 bits per heavy atom. The highest BCUT2D eigenvalue weighted by Crippen LogP contribution is 2.29. The SMILES string of the molecule is Cc1cc(C(=O)NCCCC(=O)c2ccc(OC3CCC(C(=O)O)CC3)c(F)c2)ccc1Cl. The van der Waals surface area contributed by atoms with Crippen molar-refractivity contribution in [1.29, 1.82) is 0 Å². The van der Waals surface area contributed by atoms with Gasteiger partial charge in [-0.05, 0) is 81.0 Å². The van der Waals surface area contributed by atoms with Gasteiger partial charge >= 0.3 is 5.97 Å². The average Bonchev–Trinajstić information content (AvgIpc) is 2.79. The van der Waals surface area contributed by atoms with Crippen molar-refractivity contribution in [3.63, 3.8) is 0 Å². The molecule has 0 spiro atoms. The van der Waals surface area contributed by atoms with Gasteiger partial charge in [0, 0.05) is 29.1 Å². The lowest BCUT2D eigenvalue weighted by molar-refractivity contribution is -0.143. The zero-order valence-electron chi connectivity index (χ0n) is 18.4. The number of benzene rings is 2. The number of carboxylic acid groups (broad SMARTS) is 1. The number of nitrogens with one attached hydrogen (secondary N) is 1. The third kappa shape index (κ3) is 6.78. The van der Waals surface area contributed by atoms with Gasteiger partial charge in [0.1, 0.15) is 0 Å². The van der Waals surface area contributed by atoms with E-state index in [2.05, 4.69) is 5.32 Å². The lowest BCUT2D eigenvalue weighted by atomic mass is 9.87. The number of hydrogen-bond acceptors (Lipinski definition) is 4. The van der Waals surface area contributed by atoms with Crippen LogP contribution in [0, 0.1) is 18.7 Å². The van der Waals surface area contributed by atoms with Crippen molar-refractivity contribution in [3.8, 4) is 5.75 Å². The fourth-order valence-corrected chi connectivity index (χ4v) is 3.98. The molecular weight excluding hydrogens is 449 g/mol. The summed E-state index contributed by atoms with van der Waals surface area (Å²) in [6, 6.07) is 9.14. The molecule has 0 bridgehead atoms. The van der Waals surface area contributed by atoms with Crippen molar-refractivity contribution in [1.82, 2.24) is 5.32 Å². The molecule has 2 N–H and O–H groups in total. The van der Waals surface area contributed by atoms with E-state index in [1.165, 1.54) is 12.1 Å². The van der Waals surface area contributed by atoms with Crippen molar-refractivity contribution in [2.45, 2.75) is 51.6 Å². The van der Waals surface area contributed by atoms with Crippen molar-refractivity contribution in [2.24, 2.45) is 5.92 Å². The van der Waals surface area contributed by atoms with Gasteiger partial charge in [-0.2, -0.15) is 0 Å². The van der Waals surface area contributed by atoms with Crippen LogP contribution in [0.4, 0.5) is 4.39 Å².